The molecular formula is C33H42N2. The van der Waals surface area contributed by atoms with Crippen LogP contribution in [0.1, 0.15) is 48.3 Å². The van der Waals surface area contributed by atoms with E-state index in [1.165, 1.54) is 88.1 Å². The normalized spacial score (nSPS) is 21.9. The maximum Gasteiger partial charge on any atom is 0.00542 e. The predicted molar refractivity (Wildman–Crippen MR) is 148 cm³/mol. The second kappa shape index (κ2) is 12.5. The van der Waals surface area contributed by atoms with Crippen LogP contribution in [0.15, 0.2) is 91.0 Å². The first-order valence-corrected chi connectivity index (χ1v) is 13.9. The van der Waals surface area contributed by atoms with Crippen molar-refractivity contribution in [2.45, 2.75) is 44.4 Å². The SMILES string of the molecule is c1ccc(CCCC2CCN(C[C@H]3CN(CCc4ccccc4)C[C@@H]3c3ccccc3)CC2)cc1. The number of rotatable bonds is 10. The number of hydrogen-bond donors (Lipinski definition) is 0. The van der Waals surface area contributed by atoms with Gasteiger partial charge in [-0.15, -0.1) is 0 Å². The summed E-state index contributed by atoms with van der Waals surface area (Å²) < 4.78 is 0. The quantitative estimate of drug-likeness (QED) is 0.329. The molecular weight excluding hydrogens is 424 g/mol. The maximum atomic E-state index is 2.79. The van der Waals surface area contributed by atoms with Gasteiger partial charge in [-0.2, -0.15) is 0 Å². The minimum Gasteiger partial charge on any atom is -0.303 e. The third-order valence-electron chi connectivity index (χ3n) is 8.42. The van der Waals surface area contributed by atoms with Crippen LogP contribution < -0.4 is 0 Å². The molecule has 0 amide bonds. The highest BCUT2D eigenvalue weighted by Gasteiger charge is 2.35. The zero-order valence-corrected chi connectivity index (χ0v) is 21.3. The summed E-state index contributed by atoms with van der Waals surface area (Å²) >= 11 is 0. The number of likely N-dealkylation sites (tertiary alicyclic amines) is 2. The minimum absolute atomic E-state index is 0.663. The fourth-order valence-corrected chi connectivity index (χ4v) is 6.37. The summed E-state index contributed by atoms with van der Waals surface area (Å²) in [6.07, 6.45) is 7.89. The number of piperidine rings is 1. The third-order valence-corrected chi connectivity index (χ3v) is 8.42. The Bertz CT molecular complexity index is 979. The molecule has 3 aromatic rings. The van der Waals surface area contributed by atoms with Gasteiger partial charge >= 0.3 is 0 Å². The Morgan fingerprint density at radius 1 is 0.629 bits per heavy atom. The summed E-state index contributed by atoms with van der Waals surface area (Å²) in [5.41, 5.74) is 4.49. The molecule has 2 saturated heterocycles. The van der Waals surface area contributed by atoms with E-state index in [4.69, 9.17) is 0 Å². The van der Waals surface area contributed by atoms with Gasteiger partial charge in [-0.05, 0) is 73.7 Å². The lowest BCUT2D eigenvalue weighted by Crippen LogP contribution is -2.38. The Hall–Kier alpha value is -2.42. The highest BCUT2D eigenvalue weighted by Crippen LogP contribution is 2.34. The molecule has 0 unspecified atom stereocenters. The molecule has 2 atom stereocenters. The summed E-state index contributed by atoms with van der Waals surface area (Å²) in [5.74, 6) is 2.32. The number of benzene rings is 3. The van der Waals surface area contributed by atoms with Crippen molar-refractivity contribution in [3.8, 4) is 0 Å². The largest absolute Gasteiger partial charge is 0.303 e. The first-order valence-electron chi connectivity index (χ1n) is 13.9. The minimum atomic E-state index is 0.663. The zero-order chi connectivity index (χ0) is 23.7. The number of nitrogens with zero attached hydrogens (tertiary/aromatic N) is 2. The molecule has 0 spiro atoms. The van der Waals surface area contributed by atoms with Crippen LogP contribution in [0.3, 0.4) is 0 Å². The van der Waals surface area contributed by atoms with Gasteiger partial charge in [0.15, 0.2) is 0 Å². The van der Waals surface area contributed by atoms with E-state index < -0.39 is 0 Å². The summed E-state index contributed by atoms with van der Waals surface area (Å²) in [7, 11) is 0. The molecule has 5 rings (SSSR count). The van der Waals surface area contributed by atoms with Crippen molar-refractivity contribution in [3.63, 3.8) is 0 Å². The van der Waals surface area contributed by atoms with Crippen LogP contribution in [0, 0.1) is 11.8 Å². The highest BCUT2D eigenvalue weighted by atomic mass is 15.2. The molecule has 0 bridgehead atoms. The molecule has 2 fully saturated rings. The second-order valence-corrected chi connectivity index (χ2v) is 10.9. The van der Waals surface area contributed by atoms with E-state index >= 15 is 0 Å². The standard InChI is InChI=1S/C33H42N2/c1-4-11-28(12-5-1)15-10-16-30-19-22-34(23-20-30)25-32-26-35(24-21-29-13-6-2-7-14-29)27-33(32)31-17-8-3-9-18-31/h1-9,11-14,17-18,30,32-33H,10,15-16,19-27H2/t32-,33+/m0/s1. The molecule has 0 aliphatic carbocycles. The van der Waals surface area contributed by atoms with Crippen molar-refractivity contribution in [2.75, 3.05) is 39.3 Å². The fourth-order valence-electron chi connectivity index (χ4n) is 6.37. The number of hydrogen-bond acceptors (Lipinski definition) is 2. The molecule has 2 nitrogen and oxygen atoms in total. The van der Waals surface area contributed by atoms with Crippen LogP contribution in [0.5, 0.6) is 0 Å². The topological polar surface area (TPSA) is 6.48 Å². The van der Waals surface area contributed by atoms with Crippen molar-refractivity contribution in [1.29, 1.82) is 0 Å². The van der Waals surface area contributed by atoms with Crippen LogP contribution >= 0.6 is 0 Å². The lowest BCUT2D eigenvalue weighted by Gasteiger charge is -2.34. The van der Waals surface area contributed by atoms with Gasteiger partial charge in [0.25, 0.3) is 0 Å². The van der Waals surface area contributed by atoms with Gasteiger partial charge in [0.1, 0.15) is 0 Å². The van der Waals surface area contributed by atoms with Gasteiger partial charge in [0.2, 0.25) is 0 Å². The molecule has 2 aliphatic rings. The van der Waals surface area contributed by atoms with Crippen molar-refractivity contribution in [1.82, 2.24) is 9.80 Å². The van der Waals surface area contributed by atoms with Gasteiger partial charge in [0, 0.05) is 32.1 Å². The average molecular weight is 467 g/mol. The van der Waals surface area contributed by atoms with E-state index in [-0.39, 0.29) is 0 Å². The van der Waals surface area contributed by atoms with Gasteiger partial charge in [-0.25, -0.2) is 0 Å². The third kappa shape index (κ3) is 7.06. The summed E-state index contributed by atoms with van der Waals surface area (Å²) in [4.78, 5) is 5.51. The molecule has 0 aromatic heterocycles. The van der Waals surface area contributed by atoms with Crippen LogP contribution in [-0.4, -0.2) is 49.1 Å². The molecule has 2 aliphatic heterocycles. The van der Waals surface area contributed by atoms with Gasteiger partial charge in [0.05, 0.1) is 0 Å². The Balaban J connectivity index is 1.11. The summed E-state index contributed by atoms with van der Waals surface area (Å²) in [5, 5.41) is 0. The van der Waals surface area contributed by atoms with Crippen molar-refractivity contribution < 1.29 is 0 Å². The maximum absolute atomic E-state index is 2.79. The highest BCUT2D eigenvalue weighted by molar-refractivity contribution is 5.23. The first kappa shape index (κ1) is 24.3. The monoisotopic (exact) mass is 466 g/mol. The molecule has 2 heterocycles. The Kier molecular flexibility index (Phi) is 8.68. The van der Waals surface area contributed by atoms with Crippen molar-refractivity contribution in [2.24, 2.45) is 11.8 Å². The molecule has 0 saturated carbocycles. The Morgan fingerprint density at radius 3 is 1.89 bits per heavy atom. The van der Waals surface area contributed by atoms with Gasteiger partial charge in [-0.3, -0.25) is 0 Å². The molecule has 2 heteroatoms. The fraction of sp³-hybridized carbons (Fsp3) is 0.455. The molecule has 184 valence electrons. The lowest BCUT2D eigenvalue weighted by molar-refractivity contribution is 0.152. The average Bonchev–Trinajstić information content (AvgIpc) is 3.33. The van der Waals surface area contributed by atoms with Crippen molar-refractivity contribution in [3.05, 3.63) is 108 Å². The van der Waals surface area contributed by atoms with E-state index in [9.17, 15) is 0 Å². The van der Waals surface area contributed by atoms with Crippen molar-refractivity contribution >= 4 is 0 Å². The Labute approximate surface area is 213 Å². The smallest absolute Gasteiger partial charge is 0.00542 e. The first-order chi connectivity index (χ1) is 17.3. The van der Waals surface area contributed by atoms with E-state index in [0.717, 1.165) is 18.3 Å². The predicted octanol–water partition coefficient (Wildman–Crippen LogP) is 6.68. The molecule has 0 N–H and O–H groups in total. The Morgan fingerprint density at radius 2 is 1.23 bits per heavy atom. The van der Waals surface area contributed by atoms with E-state index in [2.05, 4.69) is 101 Å². The zero-order valence-electron chi connectivity index (χ0n) is 21.3. The van der Waals surface area contributed by atoms with E-state index in [1.807, 2.05) is 0 Å². The van der Waals surface area contributed by atoms with Crippen LogP contribution in [0.25, 0.3) is 0 Å². The van der Waals surface area contributed by atoms with Gasteiger partial charge in [-0.1, -0.05) is 97.4 Å². The van der Waals surface area contributed by atoms with Gasteiger partial charge < -0.3 is 9.80 Å². The summed E-state index contributed by atoms with van der Waals surface area (Å²) in [6.45, 7) is 7.46. The van der Waals surface area contributed by atoms with Crippen LogP contribution in [0.4, 0.5) is 0 Å². The lowest BCUT2D eigenvalue weighted by atomic mass is 9.87. The second-order valence-electron chi connectivity index (χ2n) is 10.9. The molecule has 35 heavy (non-hydrogen) atoms. The molecule has 3 aromatic carbocycles. The molecule has 0 radical (unpaired) electrons. The number of aryl methyl sites for hydroxylation is 1. The van der Waals surface area contributed by atoms with Crippen LogP contribution in [0.2, 0.25) is 0 Å². The summed E-state index contributed by atoms with van der Waals surface area (Å²) in [6, 6.07) is 33.3. The van der Waals surface area contributed by atoms with Crippen LogP contribution in [-0.2, 0) is 12.8 Å². The van der Waals surface area contributed by atoms with E-state index in [0.29, 0.717) is 5.92 Å². The van der Waals surface area contributed by atoms with E-state index in [1.54, 1.807) is 0 Å².